The van der Waals surface area contributed by atoms with Gasteiger partial charge in [-0.05, 0) is 19.1 Å². The van der Waals surface area contributed by atoms with Crippen molar-refractivity contribution in [1.82, 2.24) is 5.32 Å². The number of fused-ring (bicyclic) bond motifs is 1. The highest BCUT2D eigenvalue weighted by atomic mass is 35.5. The second-order valence-electron chi connectivity index (χ2n) is 4.04. The van der Waals surface area contributed by atoms with Gasteiger partial charge in [0.05, 0.1) is 11.1 Å². The van der Waals surface area contributed by atoms with Crippen molar-refractivity contribution >= 4 is 17.5 Å². The number of benzene rings is 1. The first-order chi connectivity index (χ1) is 8.58. The average Bonchev–Trinajstić information content (AvgIpc) is 2.36. The highest BCUT2D eigenvalue weighted by Crippen LogP contribution is 2.38. The molecular weight excluding hydrogens is 258 g/mol. The van der Waals surface area contributed by atoms with E-state index < -0.39 is 6.10 Å². The number of nitrogens with one attached hydrogen (secondary N) is 1. The fourth-order valence-electron chi connectivity index (χ4n) is 1.58. The van der Waals surface area contributed by atoms with Crippen LogP contribution in [0.15, 0.2) is 12.1 Å². The van der Waals surface area contributed by atoms with Gasteiger partial charge in [0.15, 0.2) is 11.5 Å². The summed E-state index contributed by atoms with van der Waals surface area (Å²) in [5.41, 5.74) is 0.380. The first-order valence-corrected chi connectivity index (χ1v) is 6.01. The topological polar surface area (TPSA) is 67.8 Å². The van der Waals surface area contributed by atoms with Gasteiger partial charge < -0.3 is 19.9 Å². The minimum absolute atomic E-state index is 0.185. The molecule has 1 aliphatic heterocycles. The largest absolute Gasteiger partial charge is 0.486 e. The summed E-state index contributed by atoms with van der Waals surface area (Å²) in [6, 6.07) is 3.10. The fraction of sp³-hybridized carbons (Fsp3) is 0.417. The van der Waals surface area contributed by atoms with Crippen LogP contribution in [0.3, 0.4) is 0 Å². The van der Waals surface area contributed by atoms with E-state index in [9.17, 15) is 4.79 Å². The first-order valence-electron chi connectivity index (χ1n) is 5.63. The number of hydrogen-bond acceptors (Lipinski definition) is 4. The van der Waals surface area contributed by atoms with Crippen molar-refractivity contribution in [3.8, 4) is 11.5 Å². The van der Waals surface area contributed by atoms with E-state index in [0.29, 0.717) is 35.3 Å². The van der Waals surface area contributed by atoms with Crippen LogP contribution < -0.4 is 14.8 Å². The predicted molar refractivity (Wildman–Crippen MR) is 66.5 cm³/mol. The number of carbonyl (C=O) groups is 1. The maximum atomic E-state index is 11.8. The Kier molecular flexibility index (Phi) is 3.93. The van der Waals surface area contributed by atoms with Crippen molar-refractivity contribution in [2.75, 3.05) is 19.8 Å². The van der Waals surface area contributed by atoms with E-state index in [2.05, 4.69) is 5.32 Å². The zero-order valence-corrected chi connectivity index (χ0v) is 10.7. The molecule has 0 fully saturated rings. The Labute approximate surface area is 110 Å². The summed E-state index contributed by atoms with van der Waals surface area (Å²) in [6.07, 6.45) is -0.596. The summed E-state index contributed by atoms with van der Waals surface area (Å²) < 4.78 is 10.7. The zero-order valence-electron chi connectivity index (χ0n) is 9.90. The van der Waals surface area contributed by atoms with Crippen LogP contribution in [-0.2, 0) is 0 Å². The summed E-state index contributed by atoms with van der Waals surface area (Å²) in [7, 11) is 0. The third kappa shape index (κ3) is 2.86. The van der Waals surface area contributed by atoms with Crippen molar-refractivity contribution in [2.24, 2.45) is 0 Å². The average molecular weight is 272 g/mol. The van der Waals surface area contributed by atoms with E-state index in [0.717, 1.165) is 0 Å². The van der Waals surface area contributed by atoms with Gasteiger partial charge in [-0.15, -0.1) is 0 Å². The van der Waals surface area contributed by atoms with Crippen molar-refractivity contribution < 1.29 is 19.4 Å². The Bertz CT molecular complexity index is 462. The van der Waals surface area contributed by atoms with Gasteiger partial charge in [-0.3, -0.25) is 4.79 Å². The van der Waals surface area contributed by atoms with Crippen LogP contribution in [0.4, 0.5) is 0 Å². The Morgan fingerprint density at radius 2 is 2.22 bits per heavy atom. The maximum absolute atomic E-state index is 11.8. The molecule has 5 nitrogen and oxygen atoms in total. The molecule has 0 radical (unpaired) electrons. The molecule has 1 heterocycles. The molecule has 18 heavy (non-hydrogen) atoms. The van der Waals surface area contributed by atoms with E-state index in [1.54, 1.807) is 13.0 Å². The summed E-state index contributed by atoms with van der Waals surface area (Å²) in [5.74, 6) is 0.626. The second kappa shape index (κ2) is 5.46. The van der Waals surface area contributed by atoms with E-state index in [-0.39, 0.29) is 12.5 Å². The van der Waals surface area contributed by atoms with E-state index >= 15 is 0 Å². The maximum Gasteiger partial charge on any atom is 0.251 e. The Hall–Kier alpha value is -1.46. The molecule has 1 unspecified atom stereocenters. The predicted octanol–water partition coefficient (Wildman–Crippen LogP) is 1.22. The molecule has 1 aromatic carbocycles. The molecule has 0 aliphatic carbocycles. The number of halogens is 1. The summed E-state index contributed by atoms with van der Waals surface area (Å²) >= 11 is 6.02. The van der Waals surface area contributed by atoms with Crippen LogP contribution in [-0.4, -0.2) is 36.9 Å². The molecule has 98 valence electrons. The van der Waals surface area contributed by atoms with Crippen LogP contribution >= 0.6 is 11.6 Å². The number of hydrogen-bond donors (Lipinski definition) is 2. The van der Waals surface area contributed by atoms with Gasteiger partial charge in [0.25, 0.3) is 5.91 Å². The molecule has 2 rings (SSSR count). The highest BCUT2D eigenvalue weighted by Gasteiger charge is 2.19. The van der Waals surface area contributed by atoms with Crippen LogP contribution in [0.25, 0.3) is 0 Å². The van der Waals surface area contributed by atoms with Gasteiger partial charge in [-0.1, -0.05) is 11.6 Å². The number of amides is 1. The molecule has 0 spiro atoms. The first kappa shape index (κ1) is 13.0. The smallest absolute Gasteiger partial charge is 0.251 e. The lowest BCUT2D eigenvalue weighted by Gasteiger charge is -2.20. The summed E-state index contributed by atoms with van der Waals surface area (Å²) in [6.45, 7) is 2.66. The molecule has 0 bridgehead atoms. The standard InChI is InChI=1S/C12H14ClNO4/c1-7(15)6-14-12(16)8-4-9(13)11-10(5-8)17-2-3-18-11/h4-5,7,15H,2-3,6H2,1H3,(H,14,16). The monoisotopic (exact) mass is 271 g/mol. The minimum Gasteiger partial charge on any atom is -0.486 e. The van der Waals surface area contributed by atoms with Crippen molar-refractivity contribution in [1.29, 1.82) is 0 Å². The van der Waals surface area contributed by atoms with Gasteiger partial charge in [-0.25, -0.2) is 0 Å². The Balaban J connectivity index is 2.19. The number of ether oxygens (including phenoxy) is 2. The van der Waals surface area contributed by atoms with Gasteiger partial charge >= 0.3 is 0 Å². The molecule has 0 saturated carbocycles. The van der Waals surface area contributed by atoms with Crippen molar-refractivity contribution in [2.45, 2.75) is 13.0 Å². The Morgan fingerprint density at radius 1 is 1.50 bits per heavy atom. The normalized spacial score (nSPS) is 15.1. The zero-order chi connectivity index (χ0) is 13.1. The molecule has 1 aliphatic rings. The van der Waals surface area contributed by atoms with Gasteiger partial charge in [-0.2, -0.15) is 0 Å². The summed E-state index contributed by atoms with van der Waals surface area (Å²) in [5, 5.41) is 12.0. The SMILES string of the molecule is CC(O)CNC(=O)c1cc(Cl)c2c(c1)OCCO2. The van der Waals surface area contributed by atoms with Crippen LogP contribution in [0.5, 0.6) is 11.5 Å². The molecule has 6 heteroatoms. The molecule has 0 aromatic heterocycles. The molecule has 1 amide bonds. The van der Waals surface area contributed by atoms with Crippen LogP contribution in [0.1, 0.15) is 17.3 Å². The Morgan fingerprint density at radius 3 is 2.94 bits per heavy atom. The molecule has 1 aromatic rings. The third-order valence-electron chi connectivity index (χ3n) is 2.42. The number of aliphatic hydroxyl groups is 1. The van der Waals surface area contributed by atoms with Gasteiger partial charge in [0.2, 0.25) is 0 Å². The quantitative estimate of drug-likeness (QED) is 0.867. The van der Waals surface area contributed by atoms with E-state index in [1.807, 2.05) is 0 Å². The molecular formula is C12H14ClNO4. The van der Waals surface area contributed by atoms with Crippen LogP contribution in [0, 0.1) is 0 Å². The fourth-order valence-corrected chi connectivity index (χ4v) is 1.85. The lowest BCUT2D eigenvalue weighted by Crippen LogP contribution is -2.30. The number of carbonyl (C=O) groups excluding carboxylic acids is 1. The van der Waals surface area contributed by atoms with Gasteiger partial charge in [0.1, 0.15) is 13.2 Å². The van der Waals surface area contributed by atoms with Crippen molar-refractivity contribution in [3.05, 3.63) is 22.7 Å². The van der Waals surface area contributed by atoms with Crippen LogP contribution in [0.2, 0.25) is 5.02 Å². The lowest BCUT2D eigenvalue weighted by atomic mass is 10.1. The molecule has 0 saturated heterocycles. The number of rotatable bonds is 3. The summed E-state index contributed by atoms with van der Waals surface area (Å²) in [4.78, 5) is 11.8. The van der Waals surface area contributed by atoms with Crippen molar-refractivity contribution in [3.63, 3.8) is 0 Å². The van der Waals surface area contributed by atoms with E-state index in [1.165, 1.54) is 6.07 Å². The minimum atomic E-state index is -0.596. The molecule has 2 N–H and O–H groups in total. The third-order valence-corrected chi connectivity index (χ3v) is 2.70. The van der Waals surface area contributed by atoms with Gasteiger partial charge in [0, 0.05) is 12.1 Å². The highest BCUT2D eigenvalue weighted by molar-refractivity contribution is 6.32. The molecule has 1 atom stereocenters. The van der Waals surface area contributed by atoms with E-state index in [4.69, 9.17) is 26.2 Å². The number of aliphatic hydroxyl groups excluding tert-OH is 1. The lowest BCUT2D eigenvalue weighted by molar-refractivity contribution is 0.0923. The second-order valence-corrected chi connectivity index (χ2v) is 4.45.